The van der Waals surface area contributed by atoms with Crippen molar-refractivity contribution in [2.45, 2.75) is 25.3 Å². The maximum atomic E-state index is 15.2. The van der Waals surface area contributed by atoms with E-state index in [9.17, 15) is 9.60 Å². The molecule has 13 heteroatoms. The summed E-state index contributed by atoms with van der Waals surface area (Å²) in [6, 6.07) is 5.83. The normalized spacial score (nSPS) is 14.1. The van der Waals surface area contributed by atoms with Crippen molar-refractivity contribution in [3.05, 3.63) is 94.2 Å². The Balaban J connectivity index is 1.41. The lowest BCUT2D eigenvalue weighted by Gasteiger charge is -2.18. The van der Waals surface area contributed by atoms with E-state index in [0.29, 0.717) is 39.6 Å². The Morgan fingerprint density at radius 2 is 1.87 bits per heavy atom. The van der Waals surface area contributed by atoms with Gasteiger partial charge in [-0.2, -0.15) is 14.5 Å². The number of pyridine rings is 2. The summed E-state index contributed by atoms with van der Waals surface area (Å²) in [6.45, 7) is 0. The van der Waals surface area contributed by atoms with Gasteiger partial charge in [-0.05, 0) is 41.0 Å². The predicted molar refractivity (Wildman–Crippen MR) is 134 cm³/mol. The molecule has 0 N–H and O–H groups in total. The first kappa shape index (κ1) is 24.4. The third-order valence-electron chi connectivity index (χ3n) is 6.56. The molecule has 0 spiro atoms. The van der Waals surface area contributed by atoms with Gasteiger partial charge in [0.1, 0.15) is 12.4 Å². The zero-order valence-electron chi connectivity index (χ0n) is 19.5. The number of halogens is 4. The average molecular weight is 555 g/mol. The van der Waals surface area contributed by atoms with Gasteiger partial charge in [-0.3, -0.25) is 9.67 Å². The van der Waals surface area contributed by atoms with Crippen molar-refractivity contribution in [1.29, 1.82) is 0 Å². The molecule has 1 aliphatic rings. The van der Waals surface area contributed by atoms with Crippen LogP contribution in [0.1, 0.15) is 31.0 Å². The number of tetrazole rings is 1. The molecule has 0 radical (unpaired) electrons. The molecule has 38 heavy (non-hydrogen) atoms. The molecular weight excluding hydrogens is 537 g/mol. The fourth-order valence-electron chi connectivity index (χ4n) is 4.53. The molecule has 0 saturated heterocycles. The summed E-state index contributed by atoms with van der Waals surface area (Å²) in [7, 11) is 0. The van der Waals surface area contributed by atoms with Crippen molar-refractivity contribution in [2.75, 3.05) is 0 Å². The third-order valence-corrected chi connectivity index (χ3v) is 7.14. The van der Waals surface area contributed by atoms with Crippen molar-refractivity contribution in [3.8, 4) is 27.9 Å². The molecule has 6 rings (SSSR count). The van der Waals surface area contributed by atoms with Crippen LogP contribution in [0, 0.1) is 22.8 Å². The van der Waals surface area contributed by atoms with Crippen LogP contribution in [0.4, 0.5) is 8.78 Å². The molecule has 0 amide bonds. The maximum Gasteiger partial charge on any atom is 0.217 e. The van der Waals surface area contributed by atoms with E-state index in [1.807, 2.05) is 0 Å². The van der Waals surface area contributed by atoms with Crippen LogP contribution in [0.3, 0.4) is 0 Å². The van der Waals surface area contributed by atoms with Gasteiger partial charge in [0.25, 0.3) is 0 Å². The Morgan fingerprint density at radius 3 is 2.58 bits per heavy atom. The highest BCUT2D eigenvalue weighted by atomic mass is 35.5. The topological polar surface area (TPSA) is 101 Å². The lowest BCUT2D eigenvalue weighted by molar-refractivity contribution is -0.615. The number of nitrogens with zero attached hydrogens (tertiary/aromatic N) is 8. The first-order valence-corrected chi connectivity index (χ1v) is 12.4. The van der Waals surface area contributed by atoms with Gasteiger partial charge in [0, 0.05) is 29.6 Å². The van der Waals surface area contributed by atoms with Gasteiger partial charge in [0.15, 0.2) is 17.8 Å². The van der Waals surface area contributed by atoms with E-state index in [0.717, 1.165) is 19.0 Å². The van der Waals surface area contributed by atoms with E-state index in [1.54, 1.807) is 29.1 Å². The van der Waals surface area contributed by atoms with Crippen LogP contribution in [0.5, 0.6) is 0 Å². The molecule has 4 heterocycles. The Labute approximate surface area is 224 Å². The van der Waals surface area contributed by atoms with Crippen molar-refractivity contribution in [2.24, 2.45) is 5.92 Å². The Kier molecular flexibility index (Phi) is 6.24. The van der Waals surface area contributed by atoms with Gasteiger partial charge in [0.05, 0.1) is 39.3 Å². The minimum Gasteiger partial charge on any atom is -0.618 e. The Bertz CT molecular complexity index is 1620. The van der Waals surface area contributed by atoms with Crippen LogP contribution in [0.15, 0.2) is 61.6 Å². The fraction of sp³-hybridized carbons (Fsp3) is 0.200. The van der Waals surface area contributed by atoms with E-state index in [4.69, 9.17) is 23.2 Å². The van der Waals surface area contributed by atoms with Crippen molar-refractivity contribution >= 4 is 23.2 Å². The largest absolute Gasteiger partial charge is 0.618 e. The first-order chi connectivity index (χ1) is 18.4. The zero-order chi connectivity index (χ0) is 26.4. The van der Waals surface area contributed by atoms with Gasteiger partial charge >= 0.3 is 0 Å². The summed E-state index contributed by atoms with van der Waals surface area (Å²) in [6.07, 6.45) is 11.0. The molecule has 1 aromatic carbocycles. The molecule has 0 aliphatic heterocycles. The second-order valence-electron chi connectivity index (χ2n) is 9.06. The van der Waals surface area contributed by atoms with Crippen LogP contribution in [-0.4, -0.2) is 35.0 Å². The molecule has 1 atom stereocenters. The Morgan fingerprint density at radius 1 is 1.03 bits per heavy atom. The SMILES string of the molecule is [O-][n+]1cc(-c2c(-n3cnnn3)ccc(Cl)c2F)ccc1[C@@H](CC1CC1)n1cc(-c2c(F)cncc2Cl)cn1. The maximum absolute atomic E-state index is 15.2. The molecule has 1 saturated carbocycles. The van der Waals surface area contributed by atoms with Crippen molar-refractivity contribution < 1.29 is 13.5 Å². The molecule has 192 valence electrons. The summed E-state index contributed by atoms with van der Waals surface area (Å²) < 4.78 is 33.3. The minimum absolute atomic E-state index is 0.0869. The van der Waals surface area contributed by atoms with Crippen LogP contribution < -0.4 is 4.73 Å². The lowest BCUT2D eigenvalue weighted by Crippen LogP contribution is -2.35. The molecule has 5 aromatic rings. The standard InChI is InChI=1S/C25H18Cl2F2N8O/c26-17-4-6-21(36-13-31-33-34-36)24(25(17)29)15-3-5-20(37(38)12-15)22(7-14-1-2-14)35-11-16(8-32-35)23-18(27)9-30-10-19(23)28/h3-6,8-14,22H,1-2,7H2/t22-/m1/s1. The summed E-state index contributed by atoms with van der Waals surface area (Å²) in [5, 5.41) is 28.9. The predicted octanol–water partition coefficient (Wildman–Crippen LogP) is 5.20. The molecule has 9 nitrogen and oxygen atoms in total. The van der Waals surface area contributed by atoms with Gasteiger partial charge < -0.3 is 5.21 Å². The van der Waals surface area contributed by atoms with Gasteiger partial charge in [-0.25, -0.2) is 8.78 Å². The smallest absolute Gasteiger partial charge is 0.217 e. The monoisotopic (exact) mass is 554 g/mol. The van der Waals surface area contributed by atoms with Gasteiger partial charge in [0.2, 0.25) is 5.69 Å². The van der Waals surface area contributed by atoms with Crippen molar-refractivity contribution in [1.82, 2.24) is 35.0 Å². The molecule has 0 unspecified atom stereocenters. The summed E-state index contributed by atoms with van der Waals surface area (Å²) in [5.41, 5.74) is 1.78. The Hall–Kier alpha value is -3.96. The van der Waals surface area contributed by atoms with Crippen LogP contribution >= 0.6 is 23.2 Å². The molecule has 0 bridgehead atoms. The number of rotatable bonds is 7. The highest BCUT2D eigenvalue weighted by molar-refractivity contribution is 6.33. The third kappa shape index (κ3) is 4.48. The number of hydrogen-bond donors (Lipinski definition) is 0. The van der Waals surface area contributed by atoms with Crippen LogP contribution in [-0.2, 0) is 0 Å². The van der Waals surface area contributed by atoms with Gasteiger partial charge in [-0.1, -0.05) is 36.0 Å². The average Bonchev–Trinajstić information content (AvgIpc) is 3.33. The van der Waals surface area contributed by atoms with Crippen LogP contribution in [0.25, 0.3) is 27.9 Å². The molecule has 1 fully saturated rings. The summed E-state index contributed by atoms with van der Waals surface area (Å²) in [4.78, 5) is 3.76. The highest BCUT2D eigenvalue weighted by Crippen LogP contribution is 2.40. The quantitative estimate of drug-likeness (QED) is 0.202. The second-order valence-corrected chi connectivity index (χ2v) is 9.87. The van der Waals surface area contributed by atoms with E-state index < -0.39 is 17.7 Å². The molecule has 4 aromatic heterocycles. The summed E-state index contributed by atoms with van der Waals surface area (Å²) in [5.74, 6) is -0.832. The number of benzene rings is 1. The van der Waals surface area contributed by atoms with E-state index in [-0.39, 0.29) is 21.2 Å². The fourth-order valence-corrected chi connectivity index (χ4v) is 4.95. The molecular formula is C25H18Cl2F2N8O. The second kappa shape index (κ2) is 9.73. The summed E-state index contributed by atoms with van der Waals surface area (Å²) >= 11 is 12.3. The highest BCUT2D eigenvalue weighted by Gasteiger charge is 2.32. The zero-order valence-corrected chi connectivity index (χ0v) is 21.1. The number of aromatic nitrogens is 8. The van der Waals surface area contributed by atoms with Crippen molar-refractivity contribution in [3.63, 3.8) is 0 Å². The lowest BCUT2D eigenvalue weighted by atomic mass is 10.0. The van der Waals surface area contributed by atoms with Gasteiger partial charge in [-0.15, -0.1) is 5.10 Å². The van der Waals surface area contributed by atoms with Crippen LogP contribution in [0.2, 0.25) is 10.0 Å². The minimum atomic E-state index is -0.699. The first-order valence-electron chi connectivity index (χ1n) is 11.7. The number of hydrogen-bond acceptors (Lipinski definition) is 6. The van der Waals surface area contributed by atoms with E-state index >= 15 is 4.39 Å². The van der Waals surface area contributed by atoms with E-state index in [2.05, 4.69) is 25.6 Å². The molecule has 1 aliphatic carbocycles. The van der Waals surface area contributed by atoms with E-state index in [1.165, 1.54) is 35.7 Å².